The molecule has 2 heterocycles. The lowest BCUT2D eigenvalue weighted by molar-refractivity contribution is -0.305. The second kappa shape index (κ2) is 7.51. The average molecular weight is 393 g/mol. The molecule has 2 aromatic rings. The number of amides is 1. The topological polar surface area (TPSA) is 127 Å². The Hall–Kier alpha value is -2.46. The molecule has 1 fully saturated rings. The standard InChI is InChI=1S/C19H23NO8/c1-9(21)20-12-7-10-5-6-11(8-13(10)27-17(12)24)26-18-15(23)14(22)16(25-4)19(2,3)28-18/h5-8,14-16,18,22-23H,1-4H3,(H,20,21)/t14-,15+,16-,18?/m1/s1. The van der Waals surface area contributed by atoms with E-state index < -0.39 is 35.8 Å². The van der Waals surface area contributed by atoms with Gasteiger partial charge in [0.05, 0.1) is 5.60 Å². The highest BCUT2D eigenvalue weighted by Gasteiger charge is 2.50. The van der Waals surface area contributed by atoms with Gasteiger partial charge in [-0.2, -0.15) is 0 Å². The molecule has 1 aromatic heterocycles. The van der Waals surface area contributed by atoms with E-state index in [0.717, 1.165) is 0 Å². The smallest absolute Gasteiger partial charge is 0.360 e. The van der Waals surface area contributed by atoms with E-state index in [2.05, 4.69) is 5.32 Å². The van der Waals surface area contributed by atoms with Crippen LogP contribution in [0.15, 0.2) is 33.5 Å². The number of nitrogens with one attached hydrogen (secondary N) is 1. The van der Waals surface area contributed by atoms with Crippen LogP contribution in [0.3, 0.4) is 0 Å². The Morgan fingerprint density at radius 3 is 2.57 bits per heavy atom. The summed E-state index contributed by atoms with van der Waals surface area (Å²) in [5.41, 5.74) is -1.34. The van der Waals surface area contributed by atoms with Gasteiger partial charge in [-0.3, -0.25) is 4.79 Å². The van der Waals surface area contributed by atoms with Crippen LogP contribution in [0.4, 0.5) is 5.69 Å². The molecule has 1 aliphatic rings. The van der Waals surface area contributed by atoms with E-state index in [1.807, 2.05) is 0 Å². The summed E-state index contributed by atoms with van der Waals surface area (Å²) in [4.78, 5) is 23.1. The molecule has 9 heteroatoms. The zero-order valence-corrected chi connectivity index (χ0v) is 16.0. The highest BCUT2D eigenvalue weighted by Crippen LogP contribution is 2.33. The number of aliphatic hydroxyl groups excluding tert-OH is 2. The molecule has 0 saturated carbocycles. The Morgan fingerprint density at radius 1 is 1.21 bits per heavy atom. The van der Waals surface area contributed by atoms with Crippen LogP contribution in [0.1, 0.15) is 20.8 Å². The molecule has 0 radical (unpaired) electrons. The number of carbonyl (C=O) groups excluding carboxylic acids is 1. The van der Waals surface area contributed by atoms with Crippen molar-refractivity contribution in [1.82, 2.24) is 0 Å². The van der Waals surface area contributed by atoms with Crippen LogP contribution in [0, 0.1) is 0 Å². The highest BCUT2D eigenvalue weighted by molar-refractivity contribution is 5.91. The first-order chi connectivity index (χ1) is 13.1. The summed E-state index contributed by atoms with van der Waals surface area (Å²) in [7, 11) is 1.42. The molecular weight excluding hydrogens is 370 g/mol. The quantitative estimate of drug-likeness (QED) is 0.657. The van der Waals surface area contributed by atoms with Gasteiger partial charge in [0.15, 0.2) is 0 Å². The van der Waals surface area contributed by atoms with Crippen LogP contribution in [-0.2, 0) is 14.3 Å². The van der Waals surface area contributed by atoms with Gasteiger partial charge in [-0.25, -0.2) is 4.79 Å². The third-order valence-corrected chi connectivity index (χ3v) is 4.57. The maximum atomic E-state index is 12.0. The first-order valence-electron chi connectivity index (χ1n) is 8.71. The molecule has 0 spiro atoms. The zero-order valence-electron chi connectivity index (χ0n) is 16.0. The van der Waals surface area contributed by atoms with Gasteiger partial charge in [-0.15, -0.1) is 0 Å². The molecule has 3 N–H and O–H groups in total. The summed E-state index contributed by atoms with van der Waals surface area (Å²) >= 11 is 0. The van der Waals surface area contributed by atoms with Gasteiger partial charge in [0.25, 0.3) is 0 Å². The van der Waals surface area contributed by atoms with Crippen molar-refractivity contribution < 1.29 is 33.6 Å². The maximum Gasteiger partial charge on any atom is 0.360 e. The van der Waals surface area contributed by atoms with Crippen molar-refractivity contribution >= 4 is 22.6 Å². The lowest BCUT2D eigenvalue weighted by Gasteiger charge is -2.46. The minimum atomic E-state index is -1.34. The molecule has 1 aliphatic heterocycles. The van der Waals surface area contributed by atoms with Crippen LogP contribution < -0.4 is 15.7 Å². The summed E-state index contributed by atoms with van der Waals surface area (Å²) in [5.74, 6) is -0.114. The molecule has 4 atom stereocenters. The van der Waals surface area contributed by atoms with Gasteiger partial charge < -0.3 is 34.2 Å². The molecule has 1 aromatic carbocycles. The third kappa shape index (κ3) is 3.88. The highest BCUT2D eigenvalue weighted by atomic mass is 16.7. The van der Waals surface area contributed by atoms with Gasteiger partial charge in [0, 0.05) is 25.5 Å². The van der Waals surface area contributed by atoms with Gasteiger partial charge >= 0.3 is 5.63 Å². The predicted molar refractivity (Wildman–Crippen MR) is 99.2 cm³/mol. The van der Waals surface area contributed by atoms with Crippen molar-refractivity contribution in [3.63, 3.8) is 0 Å². The number of anilines is 1. The average Bonchev–Trinajstić information content (AvgIpc) is 2.60. The van der Waals surface area contributed by atoms with Crippen LogP contribution >= 0.6 is 0 Å². The number of fused-ring (bicyclic) bond motifs is 1. The van der Waals surface area contributed by atoms with Crippen molar-refractivity contribution in [2.45, 2.75) is 51.0 Å². The maximum absolute atomic E-state index is 12.0. The van der Waals surface area contributed by atoms with Crippen LogP contribution in [0.2, 0.25) is 0 Å². The number of methoxy groups -OCH3 is 1. The van der Waals surface area contributed by atoms with Crippen molar-refractivity contribution in [1.29, 1.82) is 0 Å². The number of benzene rings is 1. The Balaban J connectivity index is 1.86. The Morgan fingerprint density at radius 2 is 1.93 bits per heavy atom. The van der Waals surface area contributed by atoms with Gasteiger partial charge in [0.1, 0.15) is 35.3 Å². The summed E-state index contributed by atoms with van der Waals surface area (Å²) < 4.78 is 21.9. The minimum Gasteiger partial charge on any atom is -0.462 e. The number of hydrogen-bond acceptors (Lipinski definition) is 8. The summed E-state index contributed by atoms with van der Waals surface area (Å²) in [6.45, 7) is 4.73. The number of ether oxygens (including phenoxy) is 3. The van der Waals surface area contributed by atoms with E-state index in [1.54, 1.807) is 26.0 Å². The Labute approximate surface area is 160 Å². The lowest BCUT2D eigenvalue weighted by Crippen LogP contribution is -2.63. The molecule has 3 rings (SSSR count). The normalized spacial score (nSPS) is 26.8. The van der Waals surface area contributed by atoms with Crippen molar-refractivity contribution in [2.24, 2.45) is 0 Å². The zero-order chi connectivity index (χ0) is 20.6. The van der Waals surface area contributed by atoms with Crippen molar-refractivity contribution in [2.75, 3.05) is 12.4 Å². The molecule has 1 unspecified atom stereocenters. The monoisotopic (exact) mass is 393 g/mol. The van der Waals surface area contributed by atoms with Crippen LogP contribution in [0.25, 0.3) is 11.0 Å². The molecule has 0 bridgehead atoms. The van der Waals surface area contributed by atoms with Crippen molar-refractivity contribution in [3.05, 3.63) is 34.7 Å². The molecule has 1 amide bonds. The number of carbonyl (C=O) groups is 1. The van der Waals surface area contributed by atoms with Crippen LogP contribution in [-0.4, -0.2) is 53.4 Å². The largest absolute Gasteiger partial charge is 0.462 e. The Bertz CT molecular complexity index is 937. The summed E-state index contributed by atoms with van der Waals surface area (Å²) in [5, 5.41) is 23.6. The fourth-order valence-electron chi connectivity index (χ4n) is 3.28. The van der Waals surface area contributed by atoms with E-state index in [-0.39, 0.29) is 22.9 Å². The second-order valence-corrected chi connectivity index (χ2v) is 7.17. The first kappa shape index (κ1) is 20.3. The van der Waals surface area contributed by atoms with Crippen molar-refractivity contribution in [3.8, 4) is 5.75 Å². The molecule has 9 nitrogen and oxygen atoms in total. The van der Waals surface area contributed by atoms with E-state index in [0.29, 0.717) is 5.39 Å². The van der Waals surface area contributed by atoms with E-state index >= 15 is 0 Å². The van der Waals surface area contributed by atoms with E-state index in [1.165, 1.54) is 26.2 Å². The third-order valence-electron chi connectivity index (χ3n) is 4.57. The predicted octanol–water partition coefficient (Wildman–Crippen LogP) is 1.00. The summed E-state index contributed by atoms with van der Waals surface area (Å²) in [6, 6.07) is 6.19. The first-order valence-corrected chi connectivity index (χ1v) is 8.71. The number of aliphatic hydroxyl groups is 2. The van der Waals surface area contributed by atoms with Gasteiger partial charge in [0.2, 0.25) is 12.2 Å². The Kier molecular flexibility index (Phi) is 5.44. The second-order valence-electron chi connectivity index (χ2n) is 7.17. The fourth-order valence-corrected chi connectivity index (χ4v) is 3.28. The van der Waals surface area contributed by atoms with Gasteiger partial charge in [-0.1, -0.05) is 0 Å². The van der Waals surface area contributed by atoms with Crippen LogP contribution in [0.5, 0.6) is 5.75 Å². The number of rotatable bonds is 4. The molecule has 28 heavy (non-hydrogen) atoms. The molecule has 1 saturated heterocycles. The van der Waals surface area contributed by atoms with E-state index in [9.17, 15) is 19.8 Å². The SMILES string of the molecule is CO[C@@H]1[C@H](O)[C@H](O)C(Oc2ccc3cc(NC(C)=O)c(=O)oc3c2)OC1(C)C. The molecular formula is C19H23NO8. The minimum absolute atomic E-state index is 0.0372. The molecule has 0 aliphatic carbocycles. The lowest BCUT2D eigenvalue weighted by atomic mass is 9.89. The fraction of sp³-hybridized carbons (Fsp3) is 0.474. The van der Waals surface area contributed by atoms with Gasteiger partial charge in [-0.05, 0) is 32.0 Å². The summed E-state index contributed by atoms with van der Waals surface area (Å²) in [6.07, 6.45) is -4.44. The molecule has 152 valence electrons. The number of hydrogen-bond donors (Lipinski definition) is 3. The van der Waals surface area contributed by atoms with E-state index in [4.69, 9.17) is 18.6 Å².